The number of carbonyl (C=O) groups is 1. The molecule has 2 rings (SSSR count). The molecule has 0 fully saturated rings. The first-order valence-electron chi connectivity index (χ1n) is 6.44. The number of nitrogens with one attached hydrogen (secondary N) is 2. The van der Waals surface area contributed by atoms with E-state index in [-0.39, 0.29) is 5.91 Å². The van der Waals surface area contributed by atoms with E-state index in [1.165, 1.54) is 5.56 Å². The summed E-state index contributed by atoms with van der Waals surface area (Å²) in [6, 6.07) is 6.25. The number of benzene rings is 1. The minimum Gasteiger partial charge on any atom is -0.326 e. The van der Waals surface area contributed by atoms with Gasteiger partial charge in [-0.1, -0.05) is 12.1 Å². The van der Waals surface area contributed by atoms with Crippen LogP contribution < -0.4 is 10.6 Å². The van der Waals surface area contributed by atoms with Crippen molar-refractivity contribution in [2.24, 2.45) is 0 Å². The van der Waals surface area contributed by atoms with E-state index in [0.29, 0.717) is 6.42 Å². The molecule has 1 aromatic rings. The number of hydrogen-bond acceptors (Lipinski definition) is 3. The van der Waals surface area contributed by atoms with E-state index in [0.717, 1.165) is 37.3 Å². The molecule has 18 heavy (non-hydrogen) atoms. The van der Waals surface area contributed by atoms with Crippen molar-refractivity contribution in [2.75, 3.05) is 32.5 Å². The van der Waals surface area contributed by atoms with Gasteiger partial charge in [-0.2, -0.15) is 0 Å². The first-order chi connectivity index (χ1) is 8.69. The van der Waals surface area contributed by atoms with Crippen molar-refractivity contribution in [3.05, 3.63) is 29.3 Å². The summed E-state index contributed by atoms with van der Waals surface area (Å²) >= 11 is 0. The molecule has 0 aromatic heterocycles. The summed E-state index contributed by atoms with van der Waals surface area (Å²) in [4.78, 5) is 13.6. The van der Waals surface area contributed by atoms with Gasteiger partial charge in [0.1, 0.15) is 0 Å². The Morgan fingerprint density at radius 1 is 1.44 bits per heavy atom. The average Bonchev–Trinajstić information content (AvgIpc) is 2.69. The van der Waals surface area contributed by atoms with Crippen molar-refractivity contribution in [1.29, 1.82) is 0 Å². The van der Waals surface area contributed by atoms with Gasteiger partial charge in [0, 0.05) is 12.2 Å². The van der Waals surface area contributed by atoms with Gasteiger partial charge in [-0.3, -0.25) is 4.79 Å². The maximum absolute atomic E-state index is 11.3. The fraction of sp³-hybridized carbons (Fsp3) is 0.500. The zero-order chi connectivity index (χ0) is 13.0. The highest BCUT2D eigenvalue weighted by Crippen LogP contribution is 2.24. The van der Waals surface area contributed by atoms with Gasteiger partial charge in [0.15, 0.2) is 0 Å². The van der Waals surface area contributed by atoms with Gasteiger partial charge in [-0.05, 0) is 50.8 Å². The monoisotopic (exact) mass is 247 g/mol. The number of anilines is 1. The average molecular weight is 247 g/mol. The Labute approximate surface area is 108 Å². The van der Waals surface area contributed by atoms with Gasteiger partial charge in [0.05, 0.1) is 6.42 Å². The molecule has 98 valence electrons. The molecule has 1 heterocycles. The molecule has 4 heteroatoms. The Balaban J connectivity index is 1.90. The quantitative estimate of drug-likeness (QED) is 0.743. The van der Waals surface area contributed by atoms with Crippen LogP contribution in [0.25, 0.3) is 0 Å². The molecule has 0 unspecified atom stereocenters. The van der Waals surface area contributed by atoms with Crippen LogP contribution in [0.3, 0.4) is 0 Å². The summed E-state index contributed by atoms with van der Waals surface area (Å²) in [6.45, 7) is 3.06. The minimum atomic E-state index is 0.101. The molecule has 0 aliphatic carbocycles. The molecule has 0 atom stereocenters. The van der Waals surface area contributed by atoms with Gasteiger partial charge in [0.25, 0.3) is 0 Å². The lowest BCUT2D eigenvalue weighted by Gasteiger charge is -2.17. The second-order valence-electron chi connectivity index (χ2n) is 4.91. The van der Waals surface area contributed by atoms with Crippen LogP contribution in [0.2, 0.25) is 0 Å². The Hall–Kier alpha value is -1.39. The van der Waals surface area contributed by atoms with Crippen molar-refractivity contribution >= 4 is 11.6 Å². The van der Waals surface area contributed by atoms with Crippen LogP contribution in [-0.4, -0.2) is 38.0 Å². The normalized spacial score (nSPS) is 13.8. The molecule has 0 saturated heterocycles. The number of fused-ring (bicyclic) bond motifs is 1. The summed E-state index contributed by atoms with van der Waals surface area (Å²) in [5.74, 6) is 0.101. The lowest BCUT2D eigenvalue weighted by Crippen LogP contribution is -2.22. The van der Waals surface area contributed by atoms with Gasteiger partial charge in [0.2, 0.25) is 5.91 Å². The third-order valence-electron chi connectivity index (χ3n) is 3.21. The molecule has 0 bridgehead atoms. The molecule has 1 amide bonds. The first-order valence-corrected chi connectivity index (χ1v) is 6.44. The van der Waals surface area contributed by atoms with Crippen LogP contribution in [0.5, 0.6) is 0 Å². The standard InChI is InChI=1S/C14H21N3O/c1-15-6-3-7-17(2)10-11-4-5-13-12(8-11)9-14(18)16-13/h4-5,8,15H,3,6-7,9-10H2,1-2H3,(H,16,18). The van der Waals surface area contributed by atoms with Crippen LogP contribution in [0.1, 0.15) is 17.5 Å². The van der Waals surface area contributed by atoms with Gasteiger partial charge in [-0.15, -0.1) is 0 Å². The zero-order valence-corrected chi connectivity index (χ0v) is 11.1. The van der Waals surface area contributed by atoms with Crippen LogP contribution >= 0.6 is 0 Å². The number of hydrogen-bond donors (Lipinski definition) is 2. The largest absolute Gasteiger partial charge is 0.326 e. The second-order valence-corrected chi connectivity index (χ2v) is 4.91. The number of amides is 1. The number of carbonyl (C=O) groups excluding carboxylic acids is 1. The second kappa shape index (κ2) is 5.98. The maximum Gasteiger partial charge on any atom is 0.228 e. The Bertz CT molecular complexity index is 431. The van der Waals surface area contributed by atoms with Crippen LogP contribution in [0.15, 0.2) is 18.2 Å². The van der Waals surface area contributed by atoms with Crippen LogP contribution in [0, 0.1) is 0 Å². The highest BCUT2D eigenvalue weighted by molar-refractivity contribution is 5.99. The molecule has 1 aliphatic rings. The van der Waals surface area contributed by atoms with Crippen molar-refractivity contribution in [3.8, 4) is 0 Å². The molecule has 1 aliphatic heterocycles. The van der Waals surface area contributed by atoms with Gasteiger partial charge < -0.3 is 15.5 Å². The lowest BCUT2D eigenvalue weighted by atomic mass is 10.1. The zero-order valence-electron chi connectivity index (χ0n) is 11.1. The summed E-state index contributed by atoms with van der Waals surface area (Å²) in [6.07, 6.45) is 1.67. The topological polar surface area (TPSA) is 44.4 Å². The summed E-state index contributed by atoms with van der Waals surface area (Å²) in [5.41, 5.74) is 3.37. The Morgan fingerprint density at radius 3 is 3.06 bits per heavy atom. The third-order valence-corrected chi connectivity index (χ3v) is 3.21. The fourth-order valence-corrected chi connectivity index (χ4v) is 2.30. The SMILES string of the molecule is CNCCCN(C)Cc1ccc2c(c1)CC(=O)N2. The summed E-state index contributed by atoms with van der Waals surface area (Å²) < 4.78 is 0. The molecule has 0 saturated carbocycles. The number of nitrogens with zero attached hydrogens (tertiary/aromatic N) is 1. The molecule has 4 nitrogen and oxygen atoms in total. The van der Waals surface area contributed by atoms with Gasteiger partial charge >= 0.3 is 0 Å². The van der Waals surface area contributed by atoms with E-state index in [2.05, 4.69) is 34.7 Å². The van der Waals surface area contributed by atoms with Crippen LogP contribution in [-0.2, 0) is 17.8 Å². The predicted octanol–water partition coefficient (Wildman–Crippen LogP) is 1.22. The van der Waals surface area contributed by atoms with E-state index < -0.39 is 0 Å². The van der Waals surface area contributed by atoms with E-state index >= 15 is 0 Å². The van der Waals surface area contributed by atoms with Gasteiger partial charge in [-0.25, -0.2) is 0 Å². The van der Waals surface area contributed by atoms with E-state index in [4.69, 9.17) is 0 Å². The van der Waals surface area contributed by atoms with Crippen molar-refractivity contribution < 1.29 is 4.79 Å². The van der Waals surface area contributed by atoms with Crippen LogP contribution in [0.4, 0.5) is 5.69 Å². The summed E-state index contributed by atoms with van der Waals surface area (Å²) in [5, 5.41) is 6.01. The van der Waals surface area contributed by atoms with Crippen molar-refractivity contribution in [2.45, 2.75) is 19.4 Å². The molecule has 2 N–H and O–H groups in total. The van der Waals surface area contributed by atoms with E-state index in [1.807, 2.05) is 13.1 Å². The molecular formula is C14H21N3O. The molecule has 1 aromatic carbocycles. The van der Waals surface area contributed by atoms with Crippen molar-refractivity contribution in [1.82, 2.24) is 10.2 Å². The number of rotatable bonds is 6. The van der Waals surface area contributed by atoms with Crippen molar-refractivity contribution in [3.63, 3.8) is 0 Å². The van der Waals surface area contributed by atoms with E-state index in [1.54, 1.807) is 0 Å². The third kappa shape index (κ3) is 3.31. The highest BCUT2D eigenvalue weighted by atomic mass is 16.1. The molecule has 0 radical (unpaired) electrons. The predicted molar refractivity (Wildman–Crippen MR) is 73.7 cm³/mol. The lowest BCUT2D eigenvalue weighted by molar-refractivity contribution is -0.115. The Morgan fingerprint density at radius 2 is 2.28 bits per heavy atom. The highest BCUT2D eigenvalue weighted by Gasteiger charge is 2.17. The Kier molecular flexibility index (Phi) is 4.33. The summed E-state index contributed by atoms with van der Waals surface area (Å²) in [7, 11) is 4.11. The minimum absolute atomic E-state index is 0.101. The first kappa shape index (κ1) is 13.1. The van der Waals surface area contributed by atoms with E-state index in [9.17, 15) is 4.79 Å². The smallest absolute Gasteiger partial charge is 0.228 e. The molecule has 0 spiro atoms. The molecular weight excluding hydrogens is 226 g/mol. The fourth-order valence-electron chi connectivity index (χ4n) is 2.30. The maximum atomic E-state index is 11.3.